The van der Waals surface area contributed by atoms with Gasteiger partial charge < -0.3 is 9.73 Å². The zero-order chi connectivity index (χ0) is 21.8. The first-order valence-electron chi connectivity index (χ1n) is 9.05. The van der Waals surface area contributed by atoms with Gasteiger partial charge in [-0.25, -0.2) is 0 Å². The van der Waals surface area contributed by atoms with Crippen LogP contribution in [-0.4, -0.2) is 26.4 Å². The van der Waals surface area contributed by atoms with Crippen molar-refractivity contribution in [2.45, 2.75) is 11.3 Å². The minimum absolute atomic E-state index is 0.0407. The number of thioether (sulfide) groups is 1. The molecule has 0 saturated heterocycles. The van der Waals surface area contributed by atoms with E-state index in [9.17, 15) is 18.0 Å². The van der Waals surface area contributed by atoms with E-state index in [-0.39, 0.29) is 11.7 Å². The van der Waals surface area contributed by atoms with E-state index in [1.54, 1.807) is 34.9 Å². The molecule has 4 aromatic rings. The van der Waals surface area contributed by atoms with Crippen molar-refractivity contribution >= 4 is 23.4 Å². The second-order valence-corrected chi connectivity index (χ2v) is 7.34. The van der Waals surface area contributed by atoms with Gasteiger partial charge in [0.1, 0.15) is 6.26 Å². The zero-order valence-electron chi connectivity index (χ0n) is 15.8. The van der Waals surface area contributed by atoms with Crippen LogP contribution < -0.4 is 5.32 Å². The van der Waals surface area contributed by atoms with Crippen LogP contribution in [0.25, 0.3) is 17.1 Å². The van der Waals surface area contributed by atoms with Crippen LogP contribution in [0.4, 0.5) is 18.9 Å². The topological polar surface area (TPSA) is 73.0 Å². The molecule has 0 aliphatic carbocycles. The molecular weight excluding hydrogens is 429 g/mol. The zero-order valence-corrected chi connectivity index (χ0v) is 16.7. The van der Waals surface area contributed by atoms with Crippen LogP contribution >= 0.6 is 11.8 Å². The highest BCUT2D eigenvalue weighted by Crippen LogP contribution is 2.32. The molecular formula is C21H15F3N4O2S. The number of rotatable bonds is 6. The molecule has 1 N–H and O–H groups in total. The molecule has 0 bridgehead atoms. The first-order chi connectivity index (χ1) is 14.9. The fraction of sp³-hybridized carbons (Fsp3) is 0.0952. The number of anilines is 1. The van der Waals surface area contributed by atoms with Gasteiger partial charge >= 0.3 is 6.18 Å². The second-order valence-electron chi connectivity index (χ2n) is 6.40. The van der Waals surface area contributed by atoms with Crippen molar-refractivity contribution in [2.24, 2.45) is 0 Å². The Balaban J connectivity index is 1.60. The van der Waals surface area contributed by atoms with Gasteiger partial charge in [-0.3, -0.25) is 9.36 Å². The minimum Gasteiger partial charge on any atom is -0.472 e. The molecule has 0 unspecified atom stereocenters. The predicted molar refractivity (Wildman–Crippen MR) is 110 cm³/mol. The number of nitrogens with zero attached hydrogens (tertiary/aromatic N) is 3. The van der Waals surface area contributed by atoms with Crippen LogP contribution in [0.1, 0.15) is 5.56 Å². The van der Waals surface area contributed by atoms with Crippen LogP contribution in [0.3, 0.4) is 0 Å². The van der Waals surface area contributed by atoms with Gasteiger partial charge in [0, 0.05) is 11.4 Å². The number of para-hydroxylation sites is 1. The quantitative estimate of drug-likeness (QED) is 0.410. The van der Waals surface area contributed by atoms with Crippen LogP contribution in [0.5, 0.6) is 0 Å². The number of hydrogen-bond acceptors (Lipinski definition) is 5. The molecule has 4 rings (SSSR count). The van der Waals surface area contributed by atoms with Crippen LogP contribution in [0, 0.1) is 0 Å². The van der Waals surface area contributed by atoms with Crippen molar-refractivity contribution in [3.05, 3.63) is 78.8 Å². The monoisotopic (exact) mass is 444 g/mol. The van der Waals surface area contributed by atoms with E-state index in [1.165, 1.54) is 24.7 Å². The molecule has 31 heavy (non-hydrogen) atoms. The summed E-state index contributed by atoms with van der Waals surface area (Å²) in [4.78, 5) is 12.3. The number of amides is 1. The first kappa shape index (κ1) is 20.7. The van der Waals surface area contributed by atoms with E-state index in [1.807, 2.05) is 6.07 Å². The number of benzene rings is 2. The van der Waals surface area contributed by atoms with Gasteiger partial charge in [0.25, 0.3) is 0 Å². The largest absolute Gasteiger partial charge is 0.472 e. The fourth-order valence-electron chi connectivity index (χ4n) is 2.82. The maximum atomic E-state index is 12.9. The highest BCUT2D eigenvalue weighted by molar-refractivity contribution is 7.99. The standard InChI is InChI=1S/C21H15F3N4O2S/c22-21(23,24)15-6-8-17(9-7-15)28-19(14-10-11-30-12-14)26-27-20(28)31-13-18(29)25-16-4-2-1-3-5-16/h1-12H,13H2,(H,25,29). The molecule has 158 valence electrons. The summed E-state index contributed by atoms with van der Waals surface area (Å²) < 4.78 is 45.5. The maximum Gasteiger partial charge on any atom is 0.416 e. The Morgan fingerprint density at radius 3 is 2.42 bits per heavy atom. The summed E-state index contributed by atoms with van der Waals surface area (Å²) in [5.41, 5.74) is 0.940. The molecule has 0 atom stereocenters. The van der Waals surface area contributed by atoms with Gasteiger partial charge in [0.05, 0.1) is 23.1 Å². The van der Waals surface area contributed by atoms with E-state index >= 15 is 0 Å². The summed E-state index contributed by atoms with van der Waals surface area (Å²) in [6, 6.07) is 15.3. The number of furan rings is 1. The summed E-state index contributed by atoms with van der Waals surface area (Å²) in [5.74, 6) is 0.182. The molecule has 2 aromatic carbocycles. The molecule has 0 fully saturated rings. The number of nitrogens with one attached hydrogen (secondary N) is 1. The Kier molecular flexibility index (Phi) is 5.81. The Morgan fingerprint density at radius 1 is 1.03 bits per heavy atom. The summed E-state index contributed by atoms with van der Waals surface area (Å²) in [6.45, 7) is 0. The maximum absolute atomic E-state index is 12.9. The first-order valence-corrected chi connectivity index (χ1v) is 10.0. The van der Waals surface area contributed by atoms with Gasteiger partial charge in [0.15, 0.2) is 11.0 Å². The van der Waals surface area contributed by atoms with E-state index in [2.05, 4.69) is 15.5 Å². The van der Waals surface area contributed by atoms with Crippen molar-refractivity contribution in [1.82, 2.24) is 14.8 Å². The number of hydrogen-bond donors (Lipinski definition) is 1. The van der Waals surface area contributed by atoms with Crippen molar-refractivity contribution in [2.75, 3.05) is 11.1 Å². The molecule has 1 amide bonds. The van der Waals surface area contributed by atoms with E-state index < -0.39 is 11.7 Å². The van der Waals surface area contributed by atoms with E-state index in [0.29, 0.717) is 27.9 Å². The van der Waals surface area contributed by atoms with Gasteiger partial charge in [-0.15, -0.1) is 10.2 Å². The van der Waals surface area contributed by atoms with Crippen molar-refractivity contribution in [3.63, 3.8) is 0 Å². The minimum atomic E-state index is -4.44. The third-order valence-electron chi connectivity index (χ3n) is 4.26. The second kappa shape index (κ2) is 8.68. The number of alkyl halides is 3. The van der Waals surface area contributed by atoms with Gasteiger partial charge in [0.2, 0.25) is 5.91 Å². The molecule has 0 aliphatic heterocycles. The molecule has 6 nitrogen and oxygen atoms in total. The van der Waals surface area contributed by atoms with E-state index in [0.717, 1.165) is 23.9 Å². The van der Waals surface area contributed by atoms with Crippen molar-refractivity contribution < 1.29 is 22.4 Å². The average molecular weight is 444 g/mol. The SMILES string of the molecule is O=C(CSc1nnc(-c2ccoc2)n1-c1ccc(C(F)(F)F)cc1)Nc1ccccc1. The van der Waals surface area contributed by atoms with Gasteiger partial charge in [-0.2, -0.15) is 13.2 Å². The Morgan fingerprint density at radius 2 is 1.77 bits per heavy atom. The van der Waals surface area contributed by atoms with Crippen LogP contribution in [0.15, 0.2) is 82.8 Å². The lowest BCUT2D eigenvalue weighted by molar-refractivity contribution is -0.137. The van der Waals surface area contributed by atoms with Gasteiger partial charge in [-0.05, 0) is 42.5 Å². The third-order valence-corrected chi connectivity index (χ3v) is 5.18. The fourth-order valence-corrected chi connectivity index (χ4v) is 3.57. The number of aromatic nitrogens is 3. The summed E-state index contributed by atoms with van der Waals surface area (Å²) >= 11 is 1.12. The summed E-state index contributed by atoms with van der Waals surface area (Å²) in [5, 5.41) is 11.4. The highest BCUT2D eigenvalue weighted by Gasteiger charge is 2.30. The average Bonchev–Trinajstić information content (AvgIpc) is 3.42. The molecule has 2 heterocycles. The van der Waals surface area contributed by atoms with E-state index in [4.69, 9.17) is 4.42 Å². The summed E-state index contributed by atoms with van der Waals surface area (Å²) in [7, 11) is 0. The van der Waals surface area contributed by atoms with Crippen LogP contribution in [-0.2, 0) is 11.0 Å². The lowest BCUT2D eigenvalue weighted by atomic mass is 10.2. The number of carbonyl (C=O) groups is 1. The Hall–Kier alpha value is -3.53. The molecule has 0 aliphatic rings. The molecule has 0 saturated carbocycles. The van der Waals surface area contributed by atoms with Crippen LogP contribution in [0.2, 0.25) is 0 Å². The number of halogens is 3. The highest BCUT2D eigenvalue weighted by atomic mass is 32.2. The summed E-state index contributed by atoms with van der Waals surface area (Å²) in [6.07, 6.45) is -1.52. The normalized spacial score (nSPS) is 11.5. The smallest absolute Gasteiger partial charge is 0.416 e. The lowest BCUT2D eigenvalue weighted by Gasteiger charge is -2.12. The molecule has 10 heteroatoms. The number of carbonyl (C=O) groups excluding carboxylic acids is 1. The molecule has 2 aromatic heterocycles. The third kappa shape index (κ3) is 4.80. The van der Waals surface area contributed by atoms with Crippen molar-refractivity contribution in [1.29, 1.82) is 0 Å². The van der Waals surface area contributed by atoms with Crippen molar-refractivity contribution in [3.8, 4) is 17.1 Å². The Labute approximate surface area is 179 Å². The molecule has 0 spiro atoms. The lowest BCUT2D eigenvalue weighted by Crippen LogP contribution is -2.14. The van der Waals surface area contributed by atoms with Gasteiger partial charge in [-0.1, -0.05) is 30.0 Å². The Bertz CT molecular complexity index is 1160. The predicted octanol–water partition coefficient (Wildman–Crippen LogP) is 5.28. The molecule has 0 radical (unpaired) electrons.